The van der Waals surface area contributed by atoms with Crippen LogP contribution in [0.15, 0.2) is 4.52 Å². The second-order valence-corrected chi connectivity index (χ2v) is 4.35. The van der Waals surface area contributed by atoms with Crippen molar-refractivity contribution in [2.24, 2.45) is 5.92 Å². The van der Waals surface area contributed by atoms with Gasteiger partial charge in [0.2, 0.25) is 5.89 Å². The van der Waals surface area contributed by atoms with Crippen LogP contribution in [0.4, 0.5) is 13.2 Å². The number of carbonyl (C=O) groups is 1. The molecule has 0 bridgehead atoms. The van der Waals surface area contributed by atoms with Crippen LogP contribution in [0.2, 0.25) is 0 Å². The standard InChI is InChI=1S/C10H11F3N2O3/c11-10(12,13)6-3-1-5(2-4-6)8-14-7(9(16)17)15-18-8/h5-6H,1-4H2,(H,16,17). The van der Waals surface area contributed by atoms with Gasteiger partial charge in [-0.3, -0.25) is 0 Å². The van der Waals surface area contributed by atoms with Gasteiger partial charge in [-0.1, -0.05) is 0 Å². The van der Waals surface area contributed by atoms with Gasteiger partial charge in [0.25, 0.3) is 5.82 Å². The Kier molecular flexibility index (Phi) is 3.27. The summed E-state index contributed by atoms with van der Waals surface area (Å²) in [6, 6.07) is 0. The molecule has 100 valence electrons. The van der Waals surface area contributed by atoms with Crippen LogP contribution in [0.1, 0.15) is 48.1 Å². The lowest BCUT2D eigenvalue weighted by molar-refractivity contribution is -0.182. The second kappa shape index (κ2) is 4.58. The van der Waals surface area contributed by atoms with E-state index in [1.54, 1.807) is 0 Å². The Morgan fingerprint density at radius 2 is 1.89 bits per heavy atom. The van der Waals surface area contributed by atoms with Crippen molar-refractivity contribution >= 4 is 5.97 Å². The molecule has 5 nitrogen and oxygen atoms in total. The van der Waals surface area contributed by atoms with Crippen LogP contribution in [0, 0.1) is 5.92 Å². The summed E-state index contributed by atoms with van der Waals surface area (Å²) < 4.78 is 42.1. The smallest absolute Gasteiger partial charge is 0.391 e. The van der Waals surface area contributed by atoms with Gasteiger partial charge in [-0.15, -0.1) is 0 Å². The van der Waals surface area contributed by atoms with Gasteiger partial charge in [0.05, 0.1) is 5.92 Å². The van der Waals surface area contributed by atoms with Crippen LogP contribution in [-0.4, -0.2) is 27.4 Å². The highest BCUT2D eigenvalue weighted by molar-refractivity contribution is 5.82. The lowest BCUT2D eigenvalue weighted by atomic mass is 9.81. The maximum atomic E-state index is 12.5. The van der Waals surface area contributed by atoms with Gasteiger partial charge in [0, 0.05) is 5.92 Å². The van der Waals surface area contributed by atoms with Crippen molar-refractivity contribution < 1.29 is 27.6 Å². The monoisotopic (exact) mass is 264 g/mol. The Bertz CT molecular complexity index is 436. The lowest BCUT2D eigenvalue weighted by Crippen LogP contribution is -2.27. The summed E-state index contributed by atoms with van der Waals surface area (Å²) in [7, 11) is 0. The predicted octanol–water partition coefficient (Wildman–Crippen LogP) is 2.60. The fourth-order valence-corrected chi connectivity index (χ4v) is 2.16. The number of hydrogen-bond acceptors (Lipinski definition) is 4. The third-order valence-corrected chi connectivity index (χ3v) is 3.17. The molecule has 1 aromatic heterocycles. The molecule has 0 aromatic carbocycles. The molecule has 0 atom stereocenters. The van der Waals surface area contributed by atoms with Crippen molar-refractivity contribution in [3.63, 3.8) is 0 Å². The summed E-state index contributed by atoms with van der Waals surface area (Å²) in [6.07, 6.45) is -3.57. The van der Waals surface area contributed by atoms with Crippen LogP contribution in [-0.2, 0) is 0 Å². The molecule has 1 aliphatic rings. The molecule has 1 aliphatic carbocycles. The second-order valence-electron chi connectivity index (χ2n) is 4.35. The van der Waals surface area contributed by atoms with Gasteiger partial charge in [0.15, 0.2) is 0 Å². The Morgan fingerprint density at radius 1 is 1.28 bits per heavy atom. The van der Waals surface area contributed by atoms with E-state index in [2.05, 4.69) is 10.1 Å². The summed E-state index contributed by atoms with van der Waals surface area (Å²) in [6.45, 7) is 0. The zero-order valence-electron chi connectivity index (χ0n) is 9.28. The molecule has 0 radical (unpaired) electrons. The summed E-state index contributed by atoms with van der Waals surface area (Å²) in [4.78, 5) is 14.2. The Balaban J connectivity index is 1.99. The molecular formula is C10H11F3N2O3. The van der Waals surface area contributed by atoms with E-state index in [0.29, 0.717) is 0 Å². The van der Waals surface area contributed by atoms with E-state index in [4.69, 9.17) is 9.63 Å². The number of carboxylic acids is 1. The van der Waals surface area contributed by atoms with Crippen LogP contribution in [0.5, 0.6) is 0 Å². The molecule has 1 fully saturated rings. The minimum absolute atomic E-state index is 0.0128. The lowest BCUT2D eigenvalue weighted by Gasteiger charge is -2.27. The number of aromatic carboxylic acids is 1. The van der Waals surface area contributed by atoms with Crippen molar-refractivity contribution in [3.05, 3.63) is 11.7 Å². The third-order valence-electron chi connectivity index (χ3n) is 3.17. The van der Waals surface area contributed by atoms with Crippen molar-refractivity contribution in [3.8, 4) is 0 Å². The number of alkyl halides is 3. The van der Waals surface area contributed by atoms with Gasteiger partial charge < -0.3 is 9.63 Å². The van der Waals surface area contributed by atoms with Gasteiger partial charge in [-0.05, 0) is 30.8 Å². The van der Waals surface area contributed by atoms with E-state index >= 15 is 0 Å². The highest BCUT2D eigenvalue weighted by atomic mass is 19.4. The van der Waals surface area contributed by atoms with Crippen LogP contribution in [0.25, 0.3) is 0 Å². The molecular weight excluding hydrogens is 253 g/mol. The van der Waals surface area contributed by atoms with Crippen molar-refractivity contribution in [2.75, 3.05) is 0 Å². The highest BCUT2D eigenvalue weighted by Gasteiger charge is 2.42. The summed E-state index contributed by atoms with van der Waals surface area (Å²) in [5.41, 5.74) is 0. The third kappa shape index (κ3) is 2.62. The maximum absolute atomic E-state index is 12.5. The zero-order valence-corrected chi connectivity index (χ0v) is 9.28. The molecule has 1 aromatic rings. The van der Waals surface area contributed by atoms with E-state index in [0.717, 1.165) is 0 Å². The van der Waals surface area contributed by atoms with Crippen molar-refractivity contribution in [1.82, 2.24) is 10.1 Å². The zero-order chi connectivity index (χ0) is 13.3. The molecule has 2 rings (SSSR count). The molecule has 0 saturated heterocycles. The fourth-order valence-electron chi connectivity index (χ4n) is 2.16. The summed E-state index contributed by atoms with van der Waals surface area (Å²) in [5, 5.41) is 11.9. The molecule has 0 aliphatic heterocycles. The number of hydrogen-bond donors (Lipinski definition) is 1. The Hall–Kier alpha value is -1.60. The number of nitrogens with zero attached hydrogens (tertiary/aromatic N) is 2. The first-order valence-electron chi connectivity index (χ1n) is 5.51. The minimum Gasteiger partial charge on any atom is -0.475 e. The first-order chi connectivity index (χ1) is 8.38. The number of carboxylic acid groups (broad SMARTS) is 1. The van der Waals surface area contributed by atoms with Gasteiger partial charge in [-0.25, -0.2) is 4.79 Å². The topological polar surface area (TPSA) is 76.2 Å². The summed E-state index contributed by atoms with van der Waals surface area (Å²) >= 11 is 0. The molecule has 0 amide bonds. The molecule has 0 spiro atoms. The molecule has 18 heavy (non-hydrogen) atoms. The number of halogens is 3. The van der Waals surface area contributed by atoms with Gasteiger partial charge in [-0.2, -0.15) is 18.2 Å². The maximum Gasteiger partial charge on any atom is 0.391 e. The molecule has 8 heteroatoms. The Morgan fingerprint density at radius 3 is 2.33 bits per heavy atom. The van der Waals surface area contributed by atoms with E-state index < -0.39 is 23.9 Å². The van der Waals surface area contributed by atoms with Crippen LogP contribution >= 0.6 is 0 Å². The van der Waals surface area contributed by atoms with E-state index in [9.17, 15) is 18.0 Å². The summed E-state index contributed by atoms with van der Waals surface area (Å²) in [5.74, 6) is -3.20. The molecule has 1 N–H and O–H groups in total. The SMILES string of the molecule is O=C(O)c1noc(C2CCC(C(F)(F)F)CC2)n1. The number of rotatable bonds is 2. The average Bonchev–Trinajstić information content (AvgIpc) is 2.77. The highest BCUT2D eigenvalue weighted by Crippen LogP contribution is 2.42. The van der Waals surface area contributed by atoms with E-state index in [-0.39, 0.29) is 37.5 Å². The average molecular weight is 264 g/mol. The minimum atomic E-state index is -4.16. The Labute approximate surface area is 100.0 Å². The first-order valence-corrected chi connectivity index (χ1v) is 5.51. The largest absolute Gasteiger partial charge is 0.475 e. The molecule has 0 unspecified atom stereocenters. The quantitative estimate of drug-likeness (QED) is 0.888. The molecule has 1 saturated carbocycles. The molecule has 1 heterocycles. The fraction of sp³-hybridized carbons (Fsp3) is 0.700. The van der Waals surface area contributed by atoms with Crippen molar-refractivity contribution in [2.45, 2.75) is 37.8 Å². The van der Waals surface area contributed by atoms with Crippen LogP contribution in [0.3, 0.4) is 0 Å². The van der Waals surface area contributed by atoms with Crippen LogP contribution < -0.4 is 0 Å². The van der Waals surface area contributed by atoms with Gasteiger partial charge in [0.1, 0.15) is 0 Å². The van der Waals surface area contributed by atoms with Gasteiger partial charge >= 0.3 is 12.1 Å². The van der Waals surface area contributed by atoms with Crippen molar-refractivity contribution in [1.29, 1.82) is 0 Å². The predicted molar refractivity (Wildman–Crippen MR) is 52.0 cm³/mol. The van der Waals surface area contributed by atoms with E-state index in [1.165, 1.54) is 0 Å². The van der Waals surface area contributed by atoms with E-state index in [1.807, 2.05) is 0 Å². The normalized spacial score (nSPS) is 25.1. The first kappa shape index (κ1) is 12.8. The number of aromatic nitrogens is 2.